The van der Waals surface area contributed by atoms with Crippen molar-refractivity contribution in [2.24, 2.45) is 5.10 Å². The van der Waals surface area contributed by atoms with Crippen LogP contribution in [0.5, 0.6) is 5.75 Å². The normalized spacial score (nSPS) is 12.8. The van der Waals surface area contributed by atoms with E-state index in [0.717, 1.165) is 8.95 Å². The number of nitrogens with zero attached hydrogens (tertiary/aromatic N) is 3. The second kappa shape index (κ2) is 10.2. The summed E-state index contributed by atoms with van der Waals surface area (Å²) in [4.78, 5) is 30.1. The summed E-state index contributed by atoms with van der Waals surface area (Å²) in [6, 6.07) is 10.7. The van der Waals surface area contributed by atoms with Gasteiger partial charge in [0, 0.05) is 19.9 Å². The molecule has 3 rings (SSSR count). The molecule has 0 amide bonds. The molecule has 0 fully saturated rings. The van der Waals surface area contributed by atoms with Crippen LogP contribution in [0.4, 0.5) is 0 Å². The number of hydrogen-bond donors (Lipinski definition) is 0. The van der Waals surface area contributed by atoms with Gasteiger partial charge in [-0.15, -0.1) is 0 Å². The highest BCUT2D eigenvalue weighted by Gasteiger charge is 2.23. The monoisotopic (exact) mass is 577 g/mol. The van der Waals surface area contributed by atoms with Gasteiger partial charge in [0.2, 0.25) is 0 Å². The first kappa shape index (κ1) is 25.1. The SMILES string of the molecule is CCOC(=O)[C@H](C)Oc1ccc(Br)cc1C=Nn1c(C(C)(C)C)nc2ccc(Br)cc2c1=O. The summed E-state index contributed by atoms with van der Waals surface area (Å²) in [5.41, 5.74) is 0.475. The minimum absolute atomic E-state index is 0.269. The number of rotatable bonds is 6. The molecule has 1 atom stereocenters. The van der Waals surface area contributed by atoms with Gasteiger partial charge in [-0.25, -0.2) is 9.78 Å². The molecule has 1 heterocycles. The van der Waals surface area contributed by atoms with E-state index in [9.17, 15) is 9.59 Å². The van der Waals surface area contributed by atoms with Gasteiger partial charge in [-0.1, -0.05) is 52.6 Å². The number of ether oxygens (including phenoxy) is 2. The van der Waals surface area contributed by atoms with Crippen molar-refractivity contribution in [2.45, 2.75) is 46.1 Å². The van der Waals surface area contributed by atoms with Crippen LogP contribution in [0.15, 0.2) is 55.2 Å². The summed E-state index contributed by atoms with van der Waals surface area (Å²) in [5.74, 6) is 0.499. The molecule has 1 aromatic heterocycles. The molecule has 0 saturated heterocycles. The maximum Gasteiger partial charge on any atom is 0.347 e. The standard InChI is InChI=1S/C24H25Br2N3O4/c1-6-32-22(31)14(2)33-20-10-8-16(25)11-15(20)13-27-29-21(30)18-12-17(26)7-9-19(18)28-23(29)24(3,4)5/h7-14H,6H2,1-5H3/t14-/m0/s1. The lowest BCUT2D eigenvalue weighted by Gasteiger charge is -2.21. The molecule has 0 bridgehead atoms. The van der Waals surface area contributed by atoms with Crippen LogP contribution >= 0.6 is 31.9 Å². The Morgan fingerprint density at radius 3 is 2.52 bits per heavy atom. The first-order chi connectivity index (χ1) is 15.5. The van der Waals surface area contributed by atoms with E-state index in [1.165, 1.54) is 10.9 Å². The maximum atomic E-state index is 13.3. The summed E-state index contributed by atoms with van der Waals surface area (Å²) in [5, 5.41) is 4.95. The van der Waals surface area contributed by atoms with Crippen molar-refractivity contribution in [1.29, 1.82) is 0 Å². The number of fused-ring (bicyclic) bond motifs is 1. The summed E-state index contributed by atoms with van der Waals surface area (Å²) in [7, 11) is 0. The summed E-state index contributed by atoms with van der Waals surface area (Å²) < 4.78 is 13.7. The van der Waals surface area contributed by atoms with Crippen LogP contribution in [-0.2, 0) is 14.9 Å². The molecule has 0 spiro atoms. The average molecular weight is 579 g/mol. The quantitative estimate of drug-likeness (QED) is 0.288. The van der Waals surface area contributed by atoms with Crippen LogP contribution in [0.25, 0.3) is 10.9 Å². The third kappa shape index (κ3) is 5.89. The molecular formula is C24H25Br2N3O4. The van der Waals surface area contributed by atoms with Gasteiger partial charge in [-0.05, 0) is 50.2 Å². The van der Waals surface area contributed by atoms with E-state index in [0.29, 0.717) is 28.0 Å². The first-order valence-electron chi connectivity index (χ1n) is 10.4. The largest absolute Gasteiger partial charge is 0.478 e. The van der Waals surface area contributed by atoms with Crippen molar-refractivity contribution < 1.29 is 14.3 Å². The minimum Gasteiger partial charge on any atom is -0.478 e. The van der Waals surface area contributed by atoms with Gasteiger partial charge in [0.15, 0.2) is 6.10 Å². The molecule has 33 heavy (non-hydrogen) atoms. The fourth-order valence-electron chi connectivity index (χ4n) is 3.09. The molecule has 0 unspecified atom stereocenters. The Bertz CT molecular complexity index is 1280. The van der Waals surface area contributed by atoms with Crippen LogP contribution in [-0.4, -0.2) is 34.6 Å². The topological polar surface area (TPSA) is 82.8 Å². The van der Waals surface area contributed by atoms with Crippen molar-refractivity contribution in [2.75, 3.05) is 6.61 Å². The number of benzene rings is 2. The summed E-state index contributed by atoms with van der Waals surface area (Å²) in [6.45, 7) is 9.54. The lowest BCUT2D eigenvalue weighted by Crippen LogP contribution is -2.29. The van der Waals surface area contributed by atoms with E-state index in [4.69, 9.17) is 14.5 Å². The van der Waals surface area contributed by atoms with Gasteiger partial charge in [0.05, 0.1) is 23.7 Å². The summed E-state index contributed by atoms with van der Waals surface area (Å²) in [6.07, 6.45) is 0.728. The number of carbonyl (C=O) groups is 1. The molecule has 7 nitrogen and oxygen atoms in total. The highest BCUT2D eigenvalue weighted by Crippen LogP contribution is 2.25. The van der Waals surface area contributed by atoms with Crippen LogP contribution in [0.2, 0.25) is 0 Å². The molecular weight excluding hydrogens is 554 g/mol. The van der Waals surface area contributed by atoms with Crippen LogP contribution < -0.4 is 10.3 Å². The van der Waals surface area contributed by atoms with Crippen LogP contribution in [0, 0.1) is 0 Å². The summed E-state index contributed by atoms with van der Waals surface area (Å²) >= 11 is 6.86. The molecule has 0 radical (unpaired) electrons. The zero-order valence-electron chi connectivity index (χ0n) is 19.1. The van der Waals surface area contributed by atoms with Crippen molar-refractivity contribution in [1.82, 2.24) is 9.66 Å². The molecule has 3 aromatic rings. The predicted molar refractivity (Wildman–Crippen MR) is 136 cm³/mol. The smallest absolute Gasteiger partial charge is 0.347 e. The number of halogens is 2. The zero-order valence-corrected chi connectivity index (χ0v) is 22.2. The van der Waals surface area contributed by atoms with Crippen molar-refractivity contribution >= 4 is 54.9 Å². The number of hydrogen-bond acceptors (Lipinski definition) is 6. The Morgan fingerprint density at radius 2 is 1.85 bits per heavy atom. The van der Waals surface area contributed by atoms with Crippen LogP contribution in [0.1, 0.15) is 46.0 Å². The van der Waals surface area contributed by atoms with Crippen LogP contribution in [0.3, 0.4) is 0 Å². The lowest BCUT2D eigenvalue weighted by molar-refractivity contribution is -0.150. The van der Waals surface area contributed by atoms with E-state index in [1.54, 1.807) is 44.2 Å². The molecule has 0 aliphatic rings. The van der Waals surface area contributed by atoms with Gasteiger partial charge < -0.3 is 9.47 Å². The van der Waals surface area contributed by atoms with Crippen molar-refractivity contribution in [3.63, 3.8) is 0 Å². The van der Waals surface area contributed by atoms with Gasteiger partial charge >= 0.3 is 5.97 Å². The molecule has 0 aliphatic heterocycles. The molecule has 174 valence electrons. The Morgan fingerprint density at radius 1 is 1.18 bits per heavy atom. The highest BCUT2D eigenvalue weighted by molar-refractivity contribution is 9.10. The highest BCUT2D eigenvalue weighted by atomic mass is 79.9. The van der Waals surface area contributed by atoms with E-state index in [-0.39, 0.29) is 12.2 Å². The van der Waals surface area contributed by atoms with E-state index in [1.807, 2.05) is 26.8 Å². The lowest BCUT2D eigenvalue weighted by atomic mass is 9.95. The third-order valence-corrected chi connectivity index (χ3v) is 5.67. The third-order valence-electron chi connectivity index (χ3n) is 4.69. The van der Waals surface area contributed by atoms with E-state index >= 15 is 0 Å². The molecule has 0 saturated carbocycles. The Balaban J connectivity index is 2.11. The van der Waals surface area contributed by atoms with Crippen molar-refractivity contribution in [3.8, 4) is 5.75 Å². The number of esters is 1. The van der Waals surface area contributed by atoms with Gasteiger partial charge in [-0.3, -0.25) is 4.79 Å². The second-order valence-electron chi connectivity index (χ2n) is 8.40. The molecule has 9 heteroatoms. The minimum atomic E-state index is -0.800. The predicted octanol–water partition coefficient (Wildman–Crippen LogP) is 5.43. The van der Waals surface area contributed by atoms with Gasteiger partial charge in [-0.2, -0.15) is 9.78 Å². The van der Waals surface area contributed by atoms with E-state index in [2.05, 4.69) is 37.0 Å². The maximum absolute atomic E-state index is 13.3. The fraction of sp³-hybridized carbons (Fsp3) is 0.333. The van der Waals surface area contributed by atoms with Gasteiger partial charge in [0.25, 0.3) is 5.56 Å². The van der Waals surface area contributed by atoms with Crippen molar-refractivity contribution in [3.05, 3.63) is 67.1 Å². The average Bonchev–Trinajstić information content (AvgIpc) is 2.74. The number of aromatic nitrogens is 2. The first-order valence-corrected chi connectivity index (χ1v) is 12.0. The Labute approximate surface area is 209 Å². The Hall–Kier alpha value is -2.52. The molecule has 0 aliphatic carbocycles. The fourth-order valence-corrected chi connectivity index (χ4v) is 3.83. The second-order valence-corrected chi connectivity index (χ2v) is 10.2. The van der Waals surface area contributed by atoms with Gasteiger partial charge in [0.1, 0.15) is 11.6 Å². The molecule has 0 N–H and O–H groups in total. The number of carbonyl (C=O) groups excluding carboxylic acids is 1. The molecule has 2 aromatic carbocycles. The van der Waals surface area contributed by atoms with E-state index < -0.39 is 17.5 Å². The zero-order chi connectivity index (χ0) is 24.3. The Kier molecular flexibility index (Phi) is 7.74.